The maximum Gasteiger partial charge on any atom is 0.221 e. The molecule has 0 saturated heterocycles. The van der Waals surface area contributed by atoms with Crippen molar-refractivity contribution in [2.45, 2.75) is 19.4 Å². The molecule has 110 valence electrons. The lowest BCUT2D eigenvalue weighted by Gasteiger charge is -2.25. The van der Waals surface area contributed by atoms with E-state index in [4.69, 9.17) is 4.74 Å². The first-order chi connectivity index (χ1) is 10.3. The van der Waals surface area contributed by atoms with E-state index in [9.17, 15) is 4.79 Å². The van der Waals surface area contributed by atoms with Crippen molar-refractivity contribution in [3.05, 3.63) is 48.3 Å². The van der Waals surface area contributed by atoms with E-state index >= 15 is 0 Å². The molecule has 0 spiro atoms. The molecule has 0 bridgehead atoms. The van der Waals surface area contributed by atoms with E-state index in [0.29, 0.717) is 32.0 Å². The van der Waals surface area contributed by atoms with Crippen molar-refractivity contribution in [2.24, 2.45) is 5.92 Å². The van der Waals surface area contributed by atoms with Crippen LogP contribution in [-0.4, -0.2) is 28.8 Å². The first kappa shape index (κ1) is 13.7. The third-order valence-electron chi connectivity index (χ3n) is 3.67. The number of hydrogen-bond donors (Lipinski definition) is 1. The van der Waals surface area contributed by atoms with Gasteiger partial charge in [-0.05, 0) is 24.1 Å². The Morgan fingerprint density at radius 2 is 2.29 bits per heavy atom. The second-order valence-electron chi connectivity index (χ2n) is 5.31. The first-order valence-electron chi connectivity index (χ1n) is 7.26. The van der Waals surface area contributed by atoms with Crippen LogP contribution in [0.15, 0.2) is 42.7 Å². The van der Waals surface area contributed by atoms with Crippen molar-refractivity contribution in [1.82, 2.24) is 15.1 Å². The number of carbonyl (C=O) groups is 1. The molecule has 1 aromatic heterocycles. The van der Waals surface area contributed by atoms with Crippen LogP contribution in [0.2, 0.25) is 0 Å². The fraction of sp³-hybridized carbons (Fsp3) is 0.375. The van der Waals surface area contributed by atoms with Gasteiger partial charge in [-0.2, -0.15) is 5.10 Å². The van der Waals surface area contributed by atoms with Gasteiger partial charge in [-0.3, -0.25) is 9.48 Å². The molecule has 21 heavy (non-hydrogen) atoms. The normalized spacial score (nSPS) is 16.9. The van der Waals surface area contributed by atoms with Crippen LogP contribution in [0.4, 0.5) is 0 Å². The molecular formula is C16H19N3O2. The monoisotopic (exact) mass is 285 g/mol. The molecule has 1 atom stereocenters. The predicted molar refractivity (Wildman–Crippen MR) is 79.0 cm³/mol. The minimum absolute atomic E-state index is 0.0596. The standard InChI is InChI=1S/C16H19N3O2/c20-16(6-9-19-8-3-7-18-19)17-11-13-10-14-4-1-2-5-15(14)21-12-13/h1-5,7-8,13H,6,9-12H2,(H,17,20). The molecule has 0 fully saturated rings. The van der Waals surface area contributed by atoms with Gasteiger partial charge in [0, 0.05) is 37.8 Å². The molecule has 1 aliphatic rings. The smallest absolute Gasteiger partial charge is 0.221 e. The third-order valence-corrected chi connectivity index (χ3v) is 3.67. The topological polar surface area (TPSA) is 56.2 Å². The summed E-state index contributed by atoms with van der Waals surface area (Å²) in [6.45, 7) is 1.94. The van der Waals surface area contributed by atoms with Gasteiger partial charge in [-0.25, -0.2) is 0 Å². The lowest BCUT2D eigenvalue weighted by atomic mass is 9.97. The summed E-state index contributed by atoms with van der Waals surface area (Å²) >= 11 is 0. The predicted octanol–water partition coefficient (Wildman–Crippen LogP) is 1.64. The summed E-state index contributed by atoms with van der Waals surface area (Å²) in [5.41, 5.74) is 1.22. The number of hydrogen-bond acceptors (Lipinski definition) is 3. The van der Waals surface area contributed by atoms with E-state index in [-0.39, 0.29) is 5.91 Å². The number of benzene rings is 1. The summed E-state index contributed by atoms with van der Waals surface area (Å²) in [6.07, 6.45) is 4.98. The summed E-state index contributed by atoms with van der Waals surface area (Å²) in [7, 11) is 0. The molecule has 1 N–H and O–H groups in total. The van der Waals surface area contributed by atoms with Crippen LogP contribution in [0, 0.1) is 5.92 Å². The van der Waals surface area contributed by atoms with Crippen LogP contribution in [0.25, 0.3) is 0 Å². The van der Waals surface area contributed by atoms with Gasteiger partial charge in [0.25, 0.3) is 0 Å². The van der Waals surface area contributed by atoms with Gasteiger partial charge in [0.15, 0.2) is 0 Å². The van der Waals surface area contributed by atoms with Crippen molar-refractivity contribution in [3.63, 3.8) is 0 Å². The van der Waals surface area contributed by atoms with Crippen molar-refractivity contribution in [2.75, 3.05) is 13.2 Å². The van der Waals surface area contributed by atoms with E-state index in [1.807, 2.05) is 30.5 Å². The Labute approximate surface area is 123 Å². The molecule has 2 aromatic rings. The van der Waals surface area contributed by atoms with Crippen molar-refractivity contribution >= 4 is 5.91 Å². The molecule has 0 aliphatic carbocycles. The van der Waals surface area contributed by atoms with Crippen molar-refractivity contribution < 1.29 is 9.53 Å². The Morgan fingerprint density at radius 3 is 3.14 bits per heavy atom. The number of aryl methyl sites for hydroxylation is 1. The Bertz CT molecular complexity index is 595. The summed E-state index contributed by atoms with van der Waals surface area (Å²) < 4.78 is 7.49. The van der Waals surface area contributed by atoms with Gasteiger partial charge < -0.3 is 10.1 Å². The molecule has 1 aliphatic heterocycles. The number of ether oxygens (including phenoxy) is 1. The largest absolute Gasteiger partial charge is 0.493 e. The van der Waals surface area contributed by atoms with Crippen LogP contribution in [0.1, 0.15) is 12.0 Å². The summed E-state index contributed by atoms with van der Waals surface area (Å²) in [4.78, 5) is 11.8. The van der Waals surface area contributed by atoms with E-state index in [1.54, 1.807) is 10.9 Å². The highest BCUT2D eigenvalue weighted by atomic mass is 16.5. The van der Waals surface area contributed by atoms with Gasteiger partial charge >= 0.3 is 0 Å². The van der Waals surface area contributed by atoms with E-state index < -0.39 is 0 Å². The van der Waals surface area contributed by atoms with E-state index in [2.05, 4.69) is 16.5 Å². The third kappa shape index (κ3) is 3.62. The first-order valence-corrected chi connectivity index (χ1v) is 7.26. The fourth-order valence-corrected chi connectivity index (χ4v) is 2.52. The van der Waals surface area contributed by atoms with Crippen LogP contribution in [-0.2, 0) is 17.8 Å². The Balaban J connectivity index is 1.42. The van der Waals surface area contributed by atoms with Crippen LogP contribution in [0.5, 0.6) is 5.75 Å². The number of nitrogens with zero attached hydrogens (tertiary/aromatic N) is 2. The zero-order valence-corrected chi connectivity index (χ0v) is 11.9. The number of carbonyl (C=O) groups excluding carboxylic acids is 1. The zero-order valence-electron chi connectivity index (χ0n) is 11.9. The number of amides is 1. The molecule has 1 aromatic carbocycles. The number of nitrogens with one attached hydrogen (secondary N) is 1. The van der Waals surface area contributed by atoms with Crippen LogP contribution in [0.3, 0.4) is 0 Å². The summed E-state index contributed by atoms with van der Waals surface area (Å²) in [5.74, 6) is 1.37. The number of fused-ring (bicyclic) bond motifs is 1. The second-order valence-corrected chi connectivity index (χ2v) is 5.31. The molecule has 5 heteroatoms. The number of aromatic nitrogens is 2. The molecule has 5 nitrogen and oxygen atoms in total. The quantitative estimate of drug-likeness (QED) is 0.908. The zero-order chi connectivity index (χ0) is 14.5. The van der Waals surface area contributed by atoms with E-state index in [1.165, 1.54) is 5.56 Å². The number of para-hydroxylation sites is 1. The van der Waals surface area contributed by atoms with E-state index in [0.717, 1.165) is 12.2 Å². The Hall–Kier alpha value is -2.30. The highest BCUT2D eigenvalue weighted by molar-refractivity contribution is 5.75. The highest BCUT2D eigenvalue weighted by Gasteiger charge is 2.19. The number of rotatable bonds is 5. The average Bonchev–Trinajstić information content (AvgIpc) is 3.04. The maximum atomic E-state index is 11.8. The summed E-state index contributed by atoms with van der Waals surface area (Å²) in [5, 5.41) is 7.07. The van der Waals surface area contributed by atoms with Crippen molar-refractivity contribution in [1.29, 1.82) is 0 Å². The van der Waals surface area contributed by atoms with Gasteiger partial charge in [-0.15, -0.1) is 0 Å². The Morgan fingerprint density at radius 1 is 1.38 bits per heavy atom. The minimum Gasteiger partial charge on any atom is -0.493 e. The van der Waals surface area contributed by atoms with Gasteiger partial charge in [0.1, 0.15) is 5.75 Å². The summed E-state index contributed by atoms with van der Waals surface area (Å²) in [6, 6.07) is 9.94. The SMILES string of the molecule is O=C(CCn1cccn1)NCC1COc2ccccc2C1. The molecule has 1 amide bonds. The molecule has 0 radical (unpaired) electrons. The molecule has 0 saturated carbocycles. The van der Waals surface area contributed by atoms with Crippen molar-refractivity contribution in [3.8, 4) is 5.75 Å². The van der Waals surface area contributed by atoms with Gasteiger partial charge in [0.05, 0.1) is 6.61 Å². The van der Waals surface area contributed by atoms with Gasteiger partial charge in [0.2, 0.25) is 5.91 Å². The molecule has 3 rings (SSSR count). The maximum absolute atomic E-state index is 11.8. The molecular weight excluding hydrogens is 266 g/mol. The van der Waals surface area contributed by atoms with Crippen LogP contribution < -0.4 is 10.1 Å². The molecule has 2 heterocycles. The fourth-order valence-electron chi connectivity index (χ4n) is 2.52. The van der Waals surface area contributed by atoms with Gasteiger partial charge in [-0.1, -0.05) is 18.2 Å². The molecule has 1 unspecified atom stereocenters. The lowest BCUT2D eigenvalue weighted by molar-refractivity contribution is -0.121. The highest BCUT2D eigenvalue weighted by Crippen LogP contribution is 2.26. The van der Waals surface area contributed by atoms with Crippen LogP contribution >= 0.6 is 0 Å². The minimum atomic E-state index is 0.0596. The average molecular weight is 285 g/mol. The Kier molecular flexibility index (Phi) is 4.19. The second kappa shape index (κ2) is 6.43. The lowest BCUT2D eigenvalue weighted by Crippen LogP contribution is -2.35.